The zero-order chi connectivity index (χ0) is 17.2. The Hall–Kier alpha value is -1.55. The first-order valence-electron chi connectivity index (χ1n) is 10.0. The van der Waals surface area contributed by atoms with Crippen molar-refractivity contribution in [3.63, 3.8) is 0 Å². The predicted molar refractivity (Wildman–Crippen MR) is 102 cm³/mol. The number of benzene rings is 1. The fourth-order valence-corrected chi connectivity index (χ4v) is 4.77. The molecule has 4 nitrogen and oxygen atoms in total. The molecule has 136 valence electrons. The summed E-state index contributed by atoms with van der Waals surface area (Å²) >= 11 is 0. The van der Waals surface area contributed by atoms with Crippen molar-refractivity contribution in [3.05, 3.63) is 29.3 Å². The van der Waals surface area contributed by atoms with Crippen molar-refractivity contribution in [2.24, 2.45) is 5.92 Å². The molecule has 1 amide bonds. The van der Waals surface area contributed by atoms with Gasteiger partial charge in [-0.05, 0) is 55.8 Å². The van der Waals surface area contributed by atoms with Gasteiger partial charge < -0.3 is 10.2 Å². The van der Waals surface area contributed by atoms with Gasteiger partial charge in [0.25, 0.3) is 0 Å². The molecule has 2 aliphatic heterocycles. The minimum Gasteiger partial charge on any atom is -0.374 e. The number of carbonyl (C=O) groups excluding carboxylic acids is 1. The van der Waals surface area contributed by atoms with Gasteiger partial charge in [-0.3, -0.25) is 9.69 Å². The summed E-state index contributed by atoms with van der Waals surface area (Å²) in [6, 6.07) is 7.38. The van der Waals surface area contributed by atoms with Crippen LogP contribution in [-0.2, 0) is 17.8 Å². The third kappa shape index (κ3) is 3.84. The largest absolute Gasteiger partial charge is 0.374 e. The average molecular weight is 341 g/mol. The minimum atomic E-state index is 0.185. The first-order chi connectivity index (χ1) is 12.2. The minimum absolute atomic E-state index is 0.185. The summed E-state index contributed by atoms with van der Waals surface area (Å²) in [4.78, 5) is 17.3. The lowest BCUT2D eigenvalue weighted by Crippen LogP contribution is -2.38. The third-order valence-corrected chi connectivity index (χ3v) is 6.25. The van der Waals surface area contributed by atoms with Crippen molar-refractivity contribution in [1.29, 1.82) is 0 Å². The molecule has 2 heterocycles. The molecular weight excluding hydrogens is 310 g/mol. The van der Waals surface area contributed by atoms with Crippen molar-refractivity contribution in [3.8, 4) is 0 Å². The lowest BCUT2D eigenvalue weighted by atomic mass is 9.99. The summed E-state index contributed by atoms with van der Waals surface area (Å²) < 4.78 is 0. The summed E-state index contributed by atoms with van der Waals surface area (Å²) in [5.74, 6) is 0.478. The summed E-state index contributed by atoms with van der Waals surface area (Å²) in [5, 5.41) is 3.28. The molecule has 0 spiro atoms. The van der Waals surface area contributed by atoms with Crippen LogP contribution < -0.4 is 10.2 Å². The lowest BCUT2D eigenvalue weighted by Gasteiger charge is -2.28. The fourth-order valence-electron chi connectivity index (χ4n) is 4.77. The SMILES string of the molecule is CN1CCCc2cc(CN3CC[C@@H](C(=O)NC4CCCC4)C3)ccc21. The number of nitrogens with one attached hydrogen (secondary N) is 1. The van der Waals surface area contributed by atoms with Crippen molar-refractivity contribution < 1.29 is 4.79 Å². The third-order valence-electron chi connectivity index (χ3n) is 6.25. The molecule has 1 saturated heterocycles. The van der Waals surface area contributed by atoms with Crippen molar-refractivity contribution in [1.82, 2.24) is 10.2 Å². The standard InChI is InChI=1S/C21H31N3O/c1-23-11-4-5-17-13-16(8-9-20(17)23)14-24-12-10-18(15-24)21(25)22-19-6-2-3-7-19/h8-9,13,18-19H,2-7,10-12,14-15H2,1H3,(H,22,25)/t18-/m1/s1. The van der Waals surface area contributed by atoms with E-state index in [0.717, 1.165) is 32.6 Å². The number of hydrogen-bond acceptors (Lipinski definition) is 3. The molecule has 1 atom stereocenters. The molecular formula is C21H31N3O. The second kappa shape index (κ2) is 7.36. The highest BCUT2D eigenvalue weighted by molar-refractivity contribution is 5.79. The van der Waals surface area contributed by atoms with Crippen LogP contribution in [0.3, 0.4) is 0 Å². The Morgan fingerprint density at radius 1 is 1.16 bits per heavy atom. The number of likely N-dealkylation sites (tertiary alicyclic amines) is 1. The number of hydrogen-bond donors (Lipinski definition) is 1. The molecule has 3 aliphatic rings. The quantitative estimate of drug-likeness (QED) is 0.915. The van der Waals surface area contributed by atoms with Gasteiger partial charge in [0.2, 0.25) is 5.91 Å². The van der Waals surface area contributed by atoms with Crippen LogP contribution in [0.5, 0.6) is 0 Å². The van der Waals surface area contributed by atoms with Crippen LogP contribution in [0, 0.1) is 5.92 Å². The van der Waals surface area contributed by atoms with E-state index in [0.29, 0.717) is 11.9 Å². The van der Waals surface area contributed by atoms with E-state index < -0.39 is 0 Å². The number of rotatable bonds is 4. The van der Waals surface area contributed by atoms with Crippen LogP contribution in [-0.4, -0.2) is 43.5 Å². The van der Waals surface area contributed by atoms with Crippen molar-refractivity contribution in [2.75, 3.05) is 31.6 Å². The van der Waals surface area contributed by atoms with Crippen LogP contribution >= 0.6 is 0 Å². The Morgan fingerprint density at radius 2 is 2.00 bits per heavy atom. The maximum absolute atomic E-state index is 12.5. The summed E-state index contributed by atoms with van der Waals surface area (Å²) in [6.07, 6.45) is 8.34. The Labute approximate surface area is 151 Å². The average Bonchev–Trinajstić information content (AvgIpc) is 3.27. The molecule has 0 bridgehead atoms. The van der Waals surface area contributed by atoms with E-state index in [4.69, 9.17) is 0 Å². The zero-order valence-corrected chi connectivity index (χ0v) is 15.5. The second-order valence-electron chi connectivity index (χ2n) is 8.20. The van der Waals surface area contributed by atoms with Gasteiger partial charge in [0.1, 0.15) is 0 Å². The molecule has 1 aromatic rings. The van der Waals surface area contributed by atoms with Gasteiger partial charge in [0.15, 0.2) is 0 Å². The van der Waals surface area contributed by atoms with Gasteiger partial charge in [-0.1, -0.05) is 25.0 Å². The lowest BCUT2D eigenvalue weighted by molar-refractivity contribution is -0.125. The van der Waals surface area contributed by atoms with Gasteiger partial charge in [0, 0.05) is 38.4 Å². The molecule has 0 radical (unpaired) electrons. The van der Waals surface area contributed by atoms with Crippen LogP contribution in [0.4, 0.5) is 5.69 Å². The number of nitrogens with zero attached hydrogens (tertiary/aromatic N) is 2. The number of carbonyl (C=O) groups is 1. The van der Waals surface area contributed by atoms with Gasteiger partial charge in [-0.2, -0.15) is 0 Å². The molecule has 1 aromatic carbocycles. The number of amides is 1. The van der Waals surface area contributed by atoms with Gasteiger partial charge in [0.05, 0.1) is 5.92 Å². The predicted octanol–water partition coefficient (Wildman–Crippen LogP) is 2.95. The number of anilines is 1. The Bertz CT molecular complexity index is 624. The molecule has 2 fully saturated rings. The molecule has 1 N–H and O–H groups in total. The van der Waals surface area contributed by atoms with E-state index in [1.54, 1.807) is 0 Å². The number of fused-ring (bicyclic) bond motifs is 1. The van der Waals surface area contributed by atoms with E-state index in [1.165, 1.54) is 55.3 Å². The molecule has 1 aliphatic carbocycles. The maximum Gasteiger partial charge on any atom is 0.224 e. The second-order valence-corrected chi connectivity index (χ2v) is 8.20. The summed E-state index contributed by atoms with van der Waals surface area (Å²) in [6.45, 7) is 4.09. The van der Waals surface area contributed by atoms with Crippen LogP contribution in [0.2, 0.25) is 0 Å². The van der Waals surface area contributed by atoms with E-state index in [9.17, 15) is 4.79 Å². The Balaban J connectivity index is 1.32. The molecule has 4 heteroatoms. The monoisotopic (exact) mass is 341 g/mol. The number of aryl methyl sites for hydroxylation is 1. The van der Waals surface area contributed by atoms with E-state index in [-0.39, 0.29) is 5.92 Å². The van der Waals surface area contributed by atoms with Crippen molar-refractivity contribution in [2.45, 2.75) is 57.5 Å². The van der Waals surface area contributed by atoms with Crippen LogP contribution in [0.1, 0.15) is 49.7 Å². The molecule has 1 saturated carbocycles. The maximum atomic E-state index is 12.5. The first-order valence-corrected chi connectivity index (χ1v) is 10.0. The molecule has 4 rings (SSSR count). The normalized spacial score (nSPS) is 24.5. The fraction of sp³-hybridized carbons (Fsp3) is 0.667. The topological polar surface area (TPSA) is 35.6 Å². The van der Waals surface area contributed by atoms with E-state index in [1.807, 2.05) is 0 Å². The highest BCUT2D eigenvalue weighted by atomic mass is 16.2. The summed E-state index contributed by atoms with van der Waals surface area (Å²) in [5.41, 5.74) is 4.28. The van der Waals surface area contributed by atoms with Gasteiger partial charge in [-0.15, -0.1) is 0 Å². The van der Waals surface area contributed by atoms with E-state index in [2.05, 4.69) is 40.4 Å². The zero-order valence-electron chi connectivity index (χ0n) is 15.5. The highest BCUT2D eigenvalue weighted by Crippen LogP contribution is 2.28. The molecule has 25 heavy (non-hydrogen) atoms. The molecule has 0 aromatic heterocycles. The van der Waals surface area contributed by atoms with E-state index >= 15 is 0 Å². The van der Waals surface area contributed by atoms with Crippen LogP contribution in [0.15, 0.2) is 18.2 Å². The smallest absolute Gasteiger partial charge is 0.224 e. The first kappa shape index (κ1) is 16.9. The van der Waals surface area contributed by atoms with Crippen molar-refractivity contribution >= 4 is 11.6 Å². The Kier molecular flexibility index (Phi) is 4.98. The highest BCUT2D eigenvalue weighted by Gasteiger charge is 2.30. The molecule has 0 unspecified atom stereocenters. The Morgan fingerprint density at radius 3 is 2.84 bits per heavy atom. The van der Waals surface area contributed by atoms with Crippen LogP contribution in [0.25, 0.3) is 0 Å². The van der Waals surface area contributed by atoms with Gasteiger partial charge in [-0.25, -0.2) is 0 Å². The van der Waals surface area contributed by atoms with Gasteiger partial charge >= 0.3 is 0 Å². The summed E-state index contributed by atoms with van der Waals surface area (Å²) in [7, 11) is 2.19.